The molecule has 0 saturated heterocycles. The number of aliphatic hydroxyl groups is 1. The van der Waals surface area contributed by atoms with Crippen molar-refractivity contribution in [3.8, 4) is 0 Å². The molecule has 0 spiro atoms. The van der Waals surface area contributed by atoms with E-state index in [1.54, 1.807) is 17.7 Å². The van der Waals surface area contributed by atoms with E-state index in [0.29, 0.717) is 5.65 Å². The zero-order valence-corrected chi connectivity index (χ0v) is 13.8. The number of nitrogens with zero attached hydrogens (tertiary/aromatic N) is 2. The summed E-state index contributed by atoms with van der Waals surface area (Å²) in [6.45, 7) is 1.46. The van der Waals surface area contributed by atoms with E-state index in [2.05, 4.69) is 10.3 Å². The van der Waals surface area contributed by atoms with E-state index in [-0.39, 0.29) is 41.1 Å². The molecule has 8 heteroatoms. The lowest BCUT2D eigenvalue weighted by molar-refractivity contribution is -0.121. The van der Waals surface area contributed by atoms with Gasteiger partial charge in [-0.3, -0.25) is 9.59 Å². The fourth-order valence-corrected chi connectivity index (χ4v) is 2.72. The van der Waals surface area contributed by atoms with Gasteiger partial charge in [0.1, 0.15) is 5.65 Å². The Morgan fingerprint density at radius 1 is 1.58 bits per heavy atom. The zero-order chi connectivity index (χ0) is 17.4. The van der Waals surface area contributed by atoms with Gasteiger partial charge < -0.3 is 15.0 Å². The molecule has 0 radical (unpaired) electrons. The van der Waals surface area contributed by atoms with Crippen molar-refractivity contribution in [2.45, 2.75) is 38.3 Å². The molecule has 1 aliphatic carbocycles. The first-order valence-corrected chi connectivity index (χ1v) is 8.08. The van der Waals surface area contributed by atoms with Crippen molar-refractivity contribution in [2.24, 2.45) is 0 Å². The lowest BCUT2D eigenvalue weighted by Gasteiger charge is -2.14. The summed E-state index contributed by atoms with van der Waals surface area (Å²) in [7, 11) is 0. The molecule has 3 rings (SSSR count). The lowest BCUT2D eigenvalue weighted by atomic mass is 10.1. The van der Waals surface area contributed by atoms with Crippen LogP contribution in [0.4, 0.5) is 4.39 Å². The van der Waals surface area contributed by atoms with Crippen molar-refractivity contribution in [3.05, 3.63) is 39.0 Å². The minimum Gasteiger partial charge on any atom is -0.394 e. The number of rotatable bonds is 5. The van der Waals surface area contributed by atoms with Gasteiger partial charge in [-0.25, -0.2) is 9.37 Å². The maximum atomic E-state index is 13.7. The zero-order valence-electron chi connectivity index (χ0n) is 13.1. The third kappa shape index (κ3) is 3.27. The highest BCUT2D eigenvalue weighted by molar-refractivity contribution is 6.29. The van der Waals surface area contributed by atoms with Crippen LogP contribution >= 0.6 is 11.6 Å². The third-order valence-electron chi connectivity index (χ3n) is 3.96. The van der Waals surface area contributed by atoms with Crippen molar-refractivity contribution in [1.29, 1.82) is 0 Å². The van der Waals surface area contributed by atoms with Crippen LogP contribution in [0.15, 0.2) is 17.1 Å². The molecule has 1 saturated carbocycles. The number of aromatic nitrogens is 2. The van der Waals surface area contributed by atoms with E-state index in [0.717, 1.165) is 18.9 Å². The van der Waals surface area contributed by atoms with Gasteiger partial charge in [-0.15, -0.1) is 0 Å². The number of pyridine rings is 2. The largest absolute Gasteiger partial charge is 0.394 e. The van der Waals surface area contributed by atoms with E-state index in [9.17, 15) is 14.0 Å². The van der Waals surface area contributed by atoms with Crippen molar-refractivity contribution < 1.29 is 14.3 Å². The number of amides is 1. The Bertz CT molecular complexity index is 864. The van der Waals surface area contributed by atoms with Crippen molar-refractivity contribution in [3.63, 3.8) is 0 Å². The fraction of sp³-hybridized carbons (Fsp3) is 0.438. The van der Waals surface area contributed by atoms with Gasteiger partial charge >= 0.3 is 0 Å². The van der Waals surface area contributed by atoms with Crippen LogP contribution in [0, 0.1) is 5.82 Å². The molecule has 6 nitrogen and oxygen atoms in total. The Labute approximate surface area is 142 Å². The molecular formula is C16H17ClFN3O3. The van der Waals surface area contributed by atoms with Gasteiger partial charge in [-0.2, -0.15) is 0 Å². The van der Waals surface area contributed by atoms with Crippen LogP contribution < -0.4 is 10.7 Å². The summed E-state index contributed by atoms with van der Waals surface area (Å²) in [5.74, 6) is -1.14. The number of nitrogens with one attached hydrogen (secondary N) is 1. The fourth-order valence-electron chi connectivity index (χ4n) is 2.58. The highest BCUT2D eigenvalue weighted by atomic mass is 35.5. The molecule has 0 bridgehead atoms. The quantitative estimate of drug-likeness (QED) is 0.799. The minimum absolute atomic E-state index is 0.115. The molecular weight excluding hydrogens is 337 g/mol. The summed E-state index contributed by atoms with van der Waals surface area (Å²) in [5.41, 5.74) is 0.166. The number of carbonyl (C=O) groups excluding carboxylic acids is 1. The summed E-state index contributed by atoms with van der Waals surface area (Å²) in [5, 5.41) is 11.4. The van der Waals surface area contributed by atoms with E-state index >= 15 is 0 Å². The molecule has 1 atom stereocenters. The first kappa shape index (κ1) is 16.9. The Hall–Kier alpha value is -1.99. The normalized spacial score (nSPS) is 15.5. The molecule has 0 aromatic carbocycles. The molecule has 2 aromatic rings. The standard InChI is InChI=1S/C16H17ClFN3O3/c1-8(7-22)19-13(23)4-9-6-21(10-2-3-10)16-11(14(9)24)5-12(18)15(17)20-16/h5-6,8,10,22H,2-4,7H2,1H3,(H,19,23). The number of hydrogen-bond acceptors (Lipinski definition) is 4. The Balaban J connectivity index is 2.05. The SMILES string of the molecule is CC(CO)NC(=O)Cc1cn(C2CC2)c2nc(Cl)c(F)cc2c1=O. The molecule has 0 aliphatic heterocycles. The van der Waals surface area contributed by atoms with Crippen LogP contribution in [0.5, 0.6) is 0 Å². The summed E-state index contributed by atoms with van der Waals surface area (Å²) >= 11 is 5.75. The van der Waals surface area contributed by atoms with Crippen LogP contribution in [0.3, 0.4) is 0 Å². The van der Waals surface area contributed by atoms with Gasteiger partial charge in [-0.05, 0) is 25.8 Å². The highest BCUT2D eigenvalue weighted by Gasteiger charge is 2.27. The summed E-state index contributed by atoms with van der Waals surface area (Å²) < 4.78 is 15.5. The molecule has 1 fully saturated rings. The van der Waals surface area contributed by atoms with Crippen molar-refractivity contribution >= 4 is 28.5 Å². The van der Waals surface area contributed by atoms with Gasteiger partial charge in [0.2, 0.25) is 5.91 Å². The van der Waals surface area contributed by atoms with Crippen molar-refractivity contribution in [1.82, 2.24) is 14.9 Å². The number of aliphatic hydroxyl groups excluding tert-OH is 1. The van der Waals surface area contributed by atoms with Crippen LogP contribution in [0.25, 0.3) is 11.0 Å². The van der Waals surface area contributed by atoms with Gasteiger partial charge in [-0.1, -0.05) is 11.6 Å². The number of hydrogen-bond donors (Lipinski definition) is 2. The second-order valence-corrected chi connectivity index (χ2v) is 6.44. The Morgan fingerprint density at radius 2 is 2.29 bits per heavy atom. The molecule has 1 unspecified atom stereocenters. The average Bonchev–Trinajstić information content (AvgIpc) is 3.36. The lowest BCUT2D eigenvalue weighted by Crippen LogP contribution is -2.37. The van der Waals surface area contributed by atoms with Gasteiger partial charge in [0, 0.05) is 23.8 Å². The molecule has 24 heavy (non-hydrogen) atoms. The second-order valence-electron chi connectivity index (χ2n) is 6.08. The Kier molecular flexibility index (Phi) is 4.56. The van der Waals surface area contributed by atoms with Crippen LogP contribution in [-0.2, 0) is 11.2 Å². The minimum atomic E-state index is -0.765. The molecule has 2 heterocycles. The number of carbonyl (C=O) groups is 1. The second kappa shape index (κ2) is 6.49. The van der Waals surface area contributed by atoms with E-state index < -0.39 is 17.3 Å². The number of halogens is 2. The predicted octanol–water partition coefficient (Wildman–Crippen LogP) is 1.56. The molecule has 2 aromatic heterocycles. The molecule has 2 N–H and O–H groups in total. The highest BCUT2D eigenvalue weighted by Crippen LogP contribution is 2.36. The number of fused-ring (bicyclic) bond motifs is 1. The molecule has 1 amide bonds. The van der Waals surface area contributed by atoms with Crippen LogP contribution in [0.2, 0.25) is 5.15 Å². The predicted molar refractivity (Wildman–Crippen MR) is 87.6 cm³/mol. The summed E-state index contributed by atoms with van der Waals surface area (Å²) in [6, 6.07) is 0.853. The van der Waals surface area contributed by atoms with Gasteiger partial charge in [0.05, 0.1) is 18.4 Å². The Morgan fingerprint density at radius 3 is 2.92 bits per heavy atom. The third-order valence-corrected chi connectivity index (χ3v) is 4.23. The maximum absolute atomic E-state index is 13.7. The van der Waals surface area contributed by atoms with E-state index in [1.165, 1.54) is 0 Å². The van der Waals surface area contributed by atoms with E-state index in [1.807, 2.05) is 0 Å². The smallest absolute Gasteiger partial charge is 0.224 e. The summed E-state index contributed by atoms with van der Waals surface area (Å²) in [4.78, 5) is 28.6. The average molecular weight is 354 g/mol. The molecule has 1 aliphatic rings. The van der Waals surface area contributed by atoms with Gasteiger partial charge in [0.15, 0.2) is 16.4 Å². The first-order chi connectivity index (χ1) is 11.4. The topological polar surface area (TPSA) is 84.2 Å². The van der Waals surface area contributed by atoms with E-state index in [4.69, 9.17) is 16.7 Å². The summed E-state index contributed by atoms with van der Waals surface area (Å²) in [6.07, 6.45) is 3.33. The van der Waals surface area contributed by atoms with Crippen LogP contribution in [-0.4, -0.2) is 33.2 Å². The van der Waals surface area contributed by atoms with Crippen molar-refractivity contribution in [2.75, 3.05) is 6.61 Å². The monoisotopic (exact) mass is 353 g/mol. The molecule has 128 valence electrons. The first-order valence-electron chi connectivity index (χ1n) is 7.70. The van der Waals surface area contributed by atoms with Gasteiger partial charge in [0.25, 0.3) is 0 Å². The maximum Gasteiger partial charge on any atom is 0.224 e. The van der Waals surface area contributed by atoms with Crippen LogP contribution in [0.1, 0.15) is 31.4 Å².